The zero-order valence-electron chi connectivity index (χ0n) is 34.0. The summed E-state index contributed by atoms with van der Waals surface area (Å²) >= 11 is 16.3. The van der Waals surface area contributed by atoms with Crippen LogP contribution in [0.15, 0.2) is 55.0 Å². The molecule has 5 heterocycles. The van der Waals surface area contributed by atoms with Gasteiger partial charge in [0.25, 0.3) is 5.91 Å². The molecule has 2 aromatic carbocycles. The standard InChI is InChI=1S/C30H30Cl2N4O5S.C12H18N2O3S.CH4/c1-35-16-21(20-6-4-5-7-25(20)35)29(39)34-24-13-22(31)17(10-23(24)32)11-27(37)36-15-18(40-2)12-26(36)30-33-14-19(42-30)8-9-28(38)41-3;1-16-8-5-10(13-6-8)12-14-7-9(18-12)3-4-11(15)17-2;/h4-7,10,13-14,16,18,26H,8-9,11-12,15H2,1-3H3,(H,34,39);7-8,10,13H,3-6H2,1-2H3;1H4/t18-,26+;8-,10+;/m11./s1. The predicted octanol–water partition coefficient (Wildman–Crippen LogP) is 7.76. The smallest absolute Gasteiger partial charge is 0.305 e. The average Bonchev–Trinajstić information content (AvgIpc) is 4.11. The molecule has 0 spiro atoms. The van der Waals surface area contributed by atoms with Crippen LogP contribution in [0.25, 0.3) is 10.9 Å². The number of thiazole rings is 2. The summed E-state index contributed by atoms with van der Waals surface area (Å²) in [5, 5.41) is 9.54. The molecule has 4 atom stereocenters. The van der Waals surface area contributed by atoms with Crippen molar-refractivity contribution in [2.24, 2.45) is 7.05 Å². The highest BCUT2D eigenvalue weighted by atomic mass is 35.5. The number of esters is 2. The number of aryl methyl sites for hydroxylation is 3. The minimum absolute atomic E-state index is 0. The van der Waals surface area contributed by atoms with Gasteiger partial charge in [0.1, 0.15) is 10.0 Å². The SMILES string of the molecule is C.COC(=O)CCc1cnc([C@@H]2C[C@@H](OC)CN2)s1.COC(=O)CCc1cnc([C@@H]2C[C@@H](OC)CN2C(=O)Cc2cc(Cl)c(NC(=O)c3cn(C)c4ccccc34)cc2Cl)s1. The number of carbonyl (C=O) groups excluding carboxylic acids is 4. The molecule has 0 aliphatic carbocycles. The maximum atomic E-state index is 13.6. The second-order valence-corrected chi connectivity index (χ2v) is 17.5. The highest BCUT2D eigenvalue weighted by Gasteiger charge is 2.38. The first-order valence-corrected chi connectivity index (χ1v) is 21.7. The fourth-order valence-corrected chi connectivity index (χ4v) is 9.70. The van der Waals surface area contributed by atoms with Crippen LogP contribution in [-0.4, -0.2) is 96.9 Å². The number of carbonyl (C=O) groups is 4. The normalized spacial score (nSPS) is 18.3. The van der Waals surface area contributed by atoms with Gasteiger partial charge in [0, 0.05) is 85.0 Å². The molecule has 14 nitrogen and oxygen atoms in total. The summed E-state index contributed by atoms with van der Waals surface area (Å²) in [6.45, 7) is 1.29. The molecule has 0 unspecified atom stereocenters. The van der Waals surface area contributed by atoms with E-state index in [1.807, 2.05) is 42.1 Å². The summed E-state index contributed by atoms with van der Waals surface area (Å²) in [6.07, 6.45) is 9.00. The van der Waals surface area contributed by atoms with Crippen LogP contribution in [0.4, 0.5) is 5.69 Å². The summed E-state index contributed by atoms with van der Waals surface area (Å²) in [5.74, 6) is -0.912. The number of hydrogen-bond acceptors (Lipinski definition) is 13. The summed E-state index contributed by atoms with van der Waals surface area (Å²) in [5.41, 5.74) is 2.36. The minimum Gasteiger partial charge on any atom is -0.469 e. The maximum absolute atomic E-state index is 13.6. The quantitative estimate of drug-likeness (QED) is 0.105. The number of nitrogens with one attached hydrogen (secondary N) is 2. The van der Waals surface area contributed by atoms with E-state index in [0.29, 0.717) is 54.1 Å². The van der Waals surface area contributed by atoms with E-state index in [2.05, 4.69) is 25.3 Å². The molecule has 2 aliphatic rings. The van der Waals surface area contributed by atoms with Crippen molar-refractivity contribution in [3.63, 3.8) is 0 Å². The van der Waals surface area contributed by atoms with Crippen molar-refractivity contribution in [2.45, 2.75) is 76.7 Å². The van der Waals surface area contributed by atoms with Crippen molar-refractivity contribution in [1.29, 1.82) is 0 Å². The van der Waals surface area contributed by atoms with E-state index >= 15 is 0 Å². The van der Waals surface area contributed by atoms with Gasteiger partial charge in [-0.1, -0.05) is 48.8 Å². The Morgan fingerprint density at radius 3 is 2.15 bits per heavy atom. The third-order valence-corrected chi connectivity index (χ3v) is 13.5. The first-order chi connectivity index (χ1) is 28.9. The number of halogens is 2. The summed E-state index contributed by atoms with van der Waals surface area (Å²) in [6, 6.07) is 10.9. The number of aromatic nitrogens is 3. The van der Waals surface area contributed by atoms with E-state index in [-0.39, 0.29) is 73.3 Å². The average molecular weight is 916 g/mol. The van der Waals surface area contributed by atoms with Crippen LogP contribution in [0, 0.1) is 0 Å². The largest absolute Gasteiger partial charge is 0.469 e. The number of fused-ring (bicyclic) bond motifs is 1. The molecule has 2 N–H and O–H groups in total. The lowest BCUT2D eigenvalue weighted by molar-refractivity contribution is -0.141. The zero-order valence-corrected chi connectivity index (χ0v) is 37.1. The lowest BCUT2D eigenvalue weighted by Gasteiger charge is -2.23. The van der Waals surface area contributed by atoms with Crippen molar-refractivity contribution in [3.8, 4) is 0 Å². The van der Waals surface area contributed by atoms with Gasteiger partial charge in [-0.3, -0.25) is 19.2 Å². The van der Waals surface area contributed by atoms with E-state index in [0.717, 1.165) is 43.6 Å². The van der Waals surface area contributed by atoms with Crippen molar-refractivity contribution in [2.75, 3.05) is 46.8 Å². The van der Waals surface area contributed by atoms with Crippen LogP contribution in [0.2, 0.25) is 10.0 Å². The van der Waals surface area contributed by atoms with Crippen molar-refractivity contribution in [3.05, 3.63) is 95.9 Å². The van der Waals surface area contributed by atoms with Gasteiger partial charge in [-0.05, 0) is 43.0 Å². The third-order valence-electron chi connectivity index (χ3n) is 10.5. The second kappa shape index (κ2) is 22.1. The molecule has 3 aromatic heterocycles. The molecule has 2 saturated heterocycles. The summed E-state index contributed by atoms with van der Waals surface area (Å²) in [4.78, 5) is 62.1. The van der Waals surface area contributed by atoms with Crippen molar-refractivity contribution >= 4 is 86.2 Å². The summed E-state index contributed by atoms with van der Waals surface area (Å²) < 4.78 is 22.1. The van der Waals surface area contributed by atoms with Gasteiger partial charge >= 0.3 is 11.9 Å². The molecule has 18 heteroatoms. The van der Waals surface area contributed by atoms with Crippen molar-refractivity contribution in [1.82, 2.24) is 24.8 Å². The maximum Gasteiger partial charge on any atom is 0.305 e. The first kappa shape index (κ1) is 47.6. The molecule has 2 fully saturated rings. The Hall–Kier alpha value is -4.42. The molecule has 0 radical (unpaired) electrons. The van der Waals surface area contributed by atoms with Crippen molar-refractivity contribution < 1.29 is 38.1 Å². The number of likely N-dealkylation sites (tertiary alicyclic amines) is 1. The van der Waals surface area contributed by atoms with Gasteiger partial charge in [0.15, 0.2) is 0 Å². The second-order valence-electron chi connectivity index (χ2n) is 14.4. The molecule has 61 heavy (non-hydrogen) atoms. The van der Waals surface area contributed by atoms with Gasteiger partial charge in [0.2, 0.25) is 5.91 Å². The van der Waals surface area contributed by atoms with Gasteiger partial charge in [0.05, 0.1) is 74.0 Å². The van der Waals surface area contributed by atoms with Gasteiger partial charge in [-0.15, -0.1) is 22.7 Å². The number of rotatable bonds is 14. The molecule has 328 valence electrons. The molecular weight excluding hydrogens is 864 g/mol. The Morgan fingerprint density at radius 2 is 1.51 bits per heavy atom. The summed E-state index contributed by atoms with van der Waals surface area (Å²) in [7, 11) is 8.02. The molecule has 2 amide bonds. The fraction of sp³-hybridized carbons (Fsp3) is 0.442. The molecule has 5 aromatic rings. The minimum atomic E-state index is -0.312. The van der Waals surface area contributed by atoms with E-state index in [1.165, 1.54) is 25.6 Å². The fourth-order valence-electron chi connectivity index (χ4n) is 7.19. The first-order valence-electron chi connectivity index (χ1n) is 19.4. The molecule has 7 rings (SSSR count). The van der Waals surface area contributed by atoms with Crippen LogP contribution < -0.4 is 10.6 Å². The number of benzene rings is 2. The van der Waals surface area contributed by atoms with Crippen LogP contribution >= 0.6 is 45.9 Å². The van der Waals surface area contributed by atoms with E-state index < -0.39 is 0 Å². The number of para-hydroxylation sites is 1. The highest BCUT2D eigenvalue weighted by Crippen LogP contribution is 2.38. The van der Waals surface area contributed by atoms with Gasteiger partial charge in [-0.25, -0.2) is 9.97 Å². The number of amides is 2. The molecule has 0 saturated carbocycles. The number of anilines is 1. The zero-order chi connectivity index (χ0) is 42.9. The van der Waals surface area contributed by atoms with E-state index in [4.69, 9.17) is 37.4 Å². The number of hydrogen-bond donors (Lipinski definition) is 2. The Balaban J connectivity index is 0.000000310. The Labute approximate surface area is 373 Å². The third kappa shape index (κ3) is 11.9. The van der Waals surface area contributed by atoms with Crippen LogP contribution in [0.3, 0.4) is 0 Å². The van der Waals surface area contributed by atoms with Crippen LogP contribution in [-0.2, 0) is 59.6 Å². The Morgan fingerprint density at radius 1 is 0.869 bits per heavy atom. The molecular formula is C43H52Cl2N6O8S2. The lowest BCUT2D eigenvalue weighted by atomic mass is 10.1. The monoisotopic (exact) mass is 914 g/mol. The highest BCUT2D eigenvalue weighted by molar-refractivity contribution is 7.12. The van der Waals surface area contributed by atoms with Gasteiger partial charge in [-0.2, -0.15) is 0 Å². The van der Waals surface area contributed by atoms with E-state index in [1.54, 1.807) is 55.0 Å². The van der Waals surface area contributed by atoms with Crippen LogP contribution in [0.5, 0.6) is 0 Å². The number of nitrogens with zero attached hydrogens (tertiary/aromatic N) is 4. The Bertz CT molecular complexity index is 2310. The number of methoxy groups -OCH3 is 4. The lowest BCUT2D eigenvalue weighted by Crippen LogP contribution is -2.33. The predicted molar refractivity (Wildman–Crippen MR) is 239 cm³/mol. The Kier molecular flexibility index (Phi) is 17.2. The number of ether oxygens (including phenoxy) is 4. The van der Waals surface area contributed by atoms with Gasteiger partial charge < -0.3 is 39.0 Å². The molecule has 2 aliphatic heterocycles. The van der Waals surface area contributed by atoms with E-state index in [9.17, 15) is 19.2 Å². The molecule has 0 bridgehead atoms. The van der Waals surface area contributed by atoms with Crippen LogP contribution in [0.1, 0.15) is 80.9 Å². The topological polar surface area (TPSA) is 163 Å².